The van der Waals surface area contributed by atoms with E-state index in [9.17, 15) is 0 Å². The number of fused-ring (bicyclic) bond motifs is 8. The highest BCUT2D eigenvalue weighted by molar-refractivity contribution is 7.25. The molecule has 0 saturated carbocycles. The third-order valence-corrected chi connectivity index (χ3v) is 12.6. The Morgan fingerprint density at radius 1 is 0.328 bits per heavy atom. The third-order valence-electron chi connectivity index (χ3n) is 11.5. The number of rotatable bonds is 5. The summed E-state index contributed by atoms with van der Waals surface area (Å²) in [5, 5.41) is 9.69. The van der Waals surface area contributed by atoms with Crippen molar-refractivity contribution < 1.29 is 0 Å². The molecule has 3 heterocycles. The molecule has 0 fully saturated rings. The van der Waals surface area contributed by atoms with Gasteiger partial charge in [0.15, 0.2) is 11.6 Å². The molecule has 0 unspecified atom stereocenters. The van der Waals surface area contributed by atoms with Crippen molar-refractivity contribution in [2.24, 2.45) is 0 Å². The fourth-order valence-electron chi connectivity index (χ4n) is 8.70. The van der Waals surface area contributed by atoms with Gasteiger partial charge in [0.2, 0.25) is 5.95 Å². The Hall–Kier alpha value is -7.47. The van der Waals surface area contributed by atoms with Gasteiger partial charge < -0.3 is 0 Å². The molecule has 0 aliphatic heterocycles. The molecule has 4 nitrogen and oxygen atoms in total. The van der Waals surface area contributed by atoms with Gasteiger partial charge in [-0.2, -0.15) is 9.97 Å². The van der Waals surface area contributed by atoms with E-state index < -0.39 is 0 Å². The maximum Gasteiger partial charge on any atom is 0.238 e. The highest BCUT2D eigenvalue weighted by atomic mass is 32.1. The molecule has 0 aliphatic rings. The van der Waals surface area contributed by atoms with Crippen molar-refractivity contribution in [2.75, 3.05) is 0 Å². The van der Waals surface area contributed by atoms with Crippen LogP contribution in [0.1, 0.15) is 0 Å². The van der Waals surface area contributed by atoms with Crippen molar-refractivity contribution in [3.63, 3.8) is 0 Å². The second-order valence-electron chi connectivity index (χ2n) is 14.8. The summed E-state index contributed by atoms with van der Waals surface area (Å²) in [6.45, 7) is 0. The van der Waals surface area contributed by atoms with Crippen LogP contribution in [0.25, 0.3) is 115 Å². The van der Waals surface area contributed by atoms with Crippen LogP contribution in [0.5, 0.6) is 0 Å². The average Bonchev–Trinajstić information content (AvgIpc) is 3.83. The Morgan fingerprint density at radius 3 is 1.50 bits per heavy atom. The van der Waals surface area contributed by atoms with E-state index in [1.54, 1.807) is 11.3 Å². The predicted molar refractivity (Wildman–Crippen MR) is 244 cm³/mol. The third kappa shape index (κ3) is 5.25. The van der Waals surface area contributed by atoms with Gasteiger partial charge in [0.25, 0.3) is 0 Å². The number of benzene rings is 9. The van der Waals surface area contributed by atoms with Crippen molar-refractivity contribution >= 4 is 74.9 Å². The number of aromatic nitrogens is 4. The highest BCUT2D eigenvalue weighted by Gasteiger charge is 2.20. The Balaban J connectivity index is 1.13. The molecule has 12 aromatic rings. The lowest BCUT2D eigenvalue weighted by Gasteiger charge is -2.12. The molecule has 0 spiro atoms. The Labute approximate surface area is 338 Å². The summed E-state index contributed by atoms with van der Waals surface area (Å²) in [5.74, 6) is 1.85. The highest BCUT2D eigenvalue weighted by Crippen LogP contribution is 2.40. The molecular weight excluding hydrogens is 725 g/mol. The maximum atomic E-state index is 5.32. The van der Waals surface area contributed by atoms with E-state index in [1.165, 1.54) is 52.8 Å². The van der Waals surface area contributed by atoms with Crippen molar-refractivity contribution in [1.82, 2.24) is 19.5 Å². The molecular formula is C53H32N4S. The largest absolute Gasteiger partial charge is 0.278 e. The topological polar surface area (TPSA) is 43.6 Å². The monoisotopic (exact) mass is 756 g/mol. The standard InChI is InChI=1S/C53H32N4S/c1-2-14-35(15-3-1)51-54-52(38-24-27-44-43-20-8-9-23-49(43)58-50(44)32-38)56-53(55-51)57-47-28-25-36(41-21-10-16-33-12-4-6-18-39(33)41)30-45(47)46-31-37(26-29-48(46)57)42-22-11-17-34-13-5-7-19-40(34)42/h1-32H. The first-order valence-corrected chi connectivity index (χ1v) is 20.3. The van der Waals surface area contributed by atoms with E-state index in [4.69, 9.17) is 15.0 Å². The lowest BCUT2D eigenvalue weighted by molar-refractivity contribution is 0.954. The van der Waals surface area contributed by atoms with Crippen LogP contribution >= 0.6 is 11.3 Å². The Kier molecular flexibility index (Phi) is 7.37. The first-order valence-electron chi connectivity index (χ1n) is 19.5. The van der Waals surface area contributed by atoms with Crippen molar-refractivity contribution in [3.05, 3.63) is 194 Å². The number of hydrogen-bond donors (Lipinski definition) is 0. The SMILES string of the molecule is c1ccc(-c2nc(-c3ccc4c(c3)sc3ccccc34)nc(-n3c4ccc(-c5cccc6ccccc56)cc4c4cc(-c5cccc6ccccc56)ccc43)n2)cc1. The van der Waals surface area contributed by atoms with Gasteiger partial charge in [0.05, 0.1) is 11.0 Å². The minimum Gasteiger partial charge on any atom is -0.278 e. The van der Waals surface area contributed by atoms with Crippen molar-refractivity contribution in [1.29, 1.82) is 0 Å². The second-order valence-corrected chi connectivity index (χ2v) is 15.9. The fraction of sp³-hybridized carbons (Fsp3) is 0. The first-order chi connectivity index (χ1) is 28.7. The summed E-state index contributed by atoms with van der Waals surface area (Å²) in [7, 11) is 0. The molecule has 5 heteroatoms. The quantitative estimate of drug-likeness (QED) is 0.176. The molecule has 270 valence electrons. The van der Waals surface area contributed by atoms with Crippen LogP contribution in [0.3, 0.4) is 0 Å². The molecule has 0 N–H and O–H groups in total. The van der Waals surface area contributed by atoms with Gasteiger partial charge in [0.1, 0.15) is 0 Å². The van der Waals surface area contributed by atoms with Crippen LogP contribution in [0.4, 0.5) is 0 Å². The van der Waals surface area contributed by atoms with Crippen LogP contribution in [-0.4, -0.2) is 19.5 Å². The average molecular weight is 757 g/mol. The molecule has 0 aliphatic carbocycles. The van der Waals surface area contributed by atoms with Gasteiger partial charge >= 0.3 is 0 Å². The maximum absolute atomic E-state index is 5.32. The van der Waals surface area contributed by atoms with Crippen molar-refractivity contribution in [2.45, 2.75) is 0 Å². The summed E-state index contributed by atoms with van der Waals surface area (Å²) in [4.78, 5) is 15.7. The molecule has 0 radical (unpaired) electrons. The summed E-state index contributed by atoms with van der Waals surface area (Å²) < 4.78 is 4.70. The molecule has 58 heavy (non-hydrogen) atoms. The van der Waals surface area contributed by atoms with E-state index in [2.05, 4.69) is 180 Å². The molecule has 0 saturated heterocycles. The van der Waals surface area contributed by atoms with Crippen LogP contribution < -0.4 is 0 Å². The number of nitrogens with zero attached hydrogens (tertiary/aromatic N) is 4. The van der Waals surface area contributed by atoms with Crippen LogP contribution in [-0.2, 0) is 0 Å². The minimum absolute atomic E-state index is 0.580. The molecule has 9 aromatic carbocycles. The van der Waals surface area contributed by atoms with Gasteiger partial charge in [-0.3, -0.25) is 4.57 Å². The molecule has 0 amide bonds. The van der Waals surface area contributed by atoms with Crippen LogP contribution in [0, 0.1) is 0 Å². The van der Waals surface area contributed by atoms with Crippen LogP contribution in [0.2, 0.25) is 0 Å². The lowest BCUT2D eigenvalue weighted by atomic mass is 9.95. The molecule has 3 aromatic heterocycles. The van der Waals surface area contributed by atoms with E-state index in [-0.39, 0.29) is 0 Å². The van der Waals surface area contributed by atoms with E-state index in [1.807, 2.05) is 18.2 Å². The fourth-order valence-corrected chi connectivity index (χ4v) is 9.85. The van der Waals surface area contributed by atoms with Crippen LogP contribution in [0.15, 0.2) is 194 Å². The smallest absolute Gasteiger partial charge is 0.238 e. The Bertz CT molecular complexity index is 3430. The van der Waals surface area contributed by atoms with Gasteiger partial charge in [-0.25, -0.2) is 4.98 Å². The minimum atomic E-state index is 0.580. The van der Waals surface area contributed by atoms with E-state index in [0.29, 0.717) is 17.6 Å². The number of thiophene rings is 1. The summed E-state index contributed by atoms with van der Waals surface area (Å²) in [6, 6.07) is 69.4. The first kappa shape index (κ1) is 32.7. The van der Waals surface area contributed by atoms with Gasteiger partial charge in [-0.1, -0.05) is 158 Å². The molecule has 0 bridgehead atoms. The summed E-state index contributed by atoms with van der Waals surface area (Å²) in [6.07, 6.45) is 0. The zero-order valence-corrected chi connectivity index (χ0v) is 32.0. The molecule has 0 atom stereocenters. The summed E-state index contributed by atoms with van der Waals surface area (Å²) >= 11 is 1.80. The van der Waals surface area contributed by atoms with Gasteiger partial charge in [0, 0.05) is 42.1 Å². The predicted octanol–water partition coefficient (Wildman–Crippen LogP) is 14.3. The van der Waals surface area contributed by atoms with E-state index >= 15 is 0 Å². The molecule has 12 rings (SSSR count). The Morgan fingerprint density at radius 2 is 0.845 bits per heavy atom. The van der Waals surface area contributed by atoms with Crippen molar-refractivity contribution in [3.8, 4) is 51.0 Å². The second kappa shape index (κ2) is 13.1. The van der Waals surface area contributed by atoms with Gasteiger partial charge in [-0.05, 0) is 80.2 Å². The zero-order valence-electron chi connectivity index (χ0n) is 31.2. The summed E-state index contributed by atoms with van der Waals surface area (Å²) in [5.41, 5.74) is 8.70. The van der Waals surface area contributed by atoms with Gasteiger partial charge in [-0.15, -0.1) is 11.3 Å². The number of hydrogen-bond acceptors (Lipinski definition) is 4. The normalized spacial score (nSPS) is 11.8. The zero-order chi connectivity index (χ0) is 38.2. The lowest BCUT2D eigenvalue weighted by Crippen LogP contribution is -2.06. The van der Waals surface area contributed by atoms with E-state index in [0.717, 1.165) is 44.1 Å².